The molecule has 106 valence electrons. The van der Waals surface area contributed by atoms with Crippen molar-refractivity contribution in [2.75, 3.05) is 13.2 Å². The molecule has 0 radical (unpaired) electrons. The molecule has 1 saturated carbocycles. The zero-order valence-electron chi connectivity index (χ0n) is 11.7. The van der Waals surface area contributed by atoms with Gasteiger partial charge in [-0.15, -0.1) is 0 Å². The quantitative estimate of drug-likeness (QED) is 0.748. The van der Waals surface area contributed by atoms with Crippen LogP contribution in [0.5, 0.6) is 0 Å². The Morgan fingerprint density at radius 3 is 2.84 bits per heavy atom. The second-order valence-electron chi connectivity index (χ2n) is 5.25. The van der Waals surface area contributed by atoms with Crippen molar-refractivity contribution in [3.05, 3.63) is 34.3 Å². The van der Waals surface area contributed by atoms with E-state index in [9.17, 15) is 0 Å². The third kappa shape index (κ3) is 4.90. The topological polar surface area (TPSA) is 21.3 Å². The van der Waals surface area contributed by atoms with Crippen LogP contribution in [0.15, 0.2) is 28.7 Å². The number of benzene rings is 1. The maximum Gasteiger partial charge on any atom is 0.0594 e. The largest absolute Gasteiger partial charge is 0.377 e. The smallest absolute Gasteiger partial charge is 0.0594 e. The van der Waals surface area contributed by atoms with E-state index in [2.05, 4.69) is 52.4 Å². The number of hydrogen-bond acceptors (Lipinski definition) is 2. The van der Waals surface area contributed by atoms with Crippen molar-refractivity contribution in [1.29, 1.82) is 0 Å². The van der Waals surface area contributed by atoms with Crippen LogP contribution in [0.25, 0.3) is 0 Å². The summed E-state index contributed by atoms with van der Waals surface area (Å²) < 4.78 is 7.03. The van der Waals surface area contributed by atoms with Gasteiger partial charge >= 0.3 is 0 Å². The van der Waals surface area contributed by atoms with E-state index in [1.54, 1.807) is 0 Å². The molecular weight excluding hydrogens is 302 g/mol. The molecule has 0 bridgehead atoms. The third-order valence-corrected chi connectivity index (χ3v) is 4.30. The van der Waals surface area contributed by atoms with Crippen LogP contribution in [0, 0.1) is 0 Å². The van der Waals surface area contributed by atoms with Crippen molar-refractivity contribution in [2.45, 2.75) is 51.2 Å². The molecule has 1 unspecified atom stereocenters. The summed E-state index contributed by atoms with van der Waals surface area (Å²) in [7, 11) is 0. The van der Waals surface area contributed by atoms with E-state index in [1.807, 2.05) is 0 Å². The standard InChI is InChI=1S/C16H24BrNO/c1-2-16(13-6-5-7-14(17)12-13)18-10-11-19-15-8-3-4-9-15/h5-7,12,15-16,18H,2-4,8-11H2,1H3. The molecule has 0 aliphatic heterocycles. The van der Waals surface area contributed by atoms with Crippen molar-refractivity contribution < 1.29 is 4.74 Å². The van der Waals surface area contributed by atoms with E-state index in [0.29, 0.717) is 12.1 Å². The second-order valence-corrected chi connectivity index (χ2v) is 6.16. The van der Waals surface area contributed by atoms with Gasteiger partial charge in [0.2, 0.25) is 0 Å². The number of hydrogen-bond donors (Lipinski definition) is 1. The molecule has 19 heavy (non-hydrogen) atoms. The van der Waals surface area contributed by atoms with E-state index in [0.717, 1.165) is 24.0 Å². The summed E-state index contributed by atoms with van der Waals surface area (Å²) in [5, 5.41) is 3.59. The fourth-order valence-corrected chi connectivity index (χ4v) is 3.15. The van der Waals surface area contributed by atoms with E-state index in [1.165, 1.54) is 31.2 Å². The van der Waals surface area contributed by atoms with E-state index < -0.39 is 0 Å². The van der Waals surface area contributed by atoms with Crippen molar-refractivity contribution in [1.82, 2.24) is 5.32 Å². The Labute approximate surface area is 125 Å². The highest BCUT2D eigenvalue weighted by Crippen LogP contribution is 2.22. The molecule has 1 fully saturated rings. The van der Waals surface area contributed by atoms with Gasteiger partial charge in [0, 0.05) is 17.1 Å². The van der Waals surface area contributed by atoms with Gasteiger partial charge in [-0.25, -0.2) is 0 Å². The Balaban J connectivity index is 1.73. The van der Waals surface area contributed by atoms with Crippen LogP contribution in [-0.4, -0.2) is 19.3 Å². The Kier molecular flexibility index (Phi) is 6.35. The van der Waals surface area contributed by atoms with Crippen LogP contribution in [0.3, 0.4) is 0 Å². The lowest BCUT2D eigenvalue weighted by Crippen LogP contribution is -2.26. The Hall–Kier alpha value is -0.380. The first-order valence-corrected chi connectivity index (χ1v) is 8.19. The highest BCUT2D eigenvalue weighted by atomic mass is 79.9. The molecule has 0 heterocycles. The van der Waals surface area contributed by atoms with Crippen molar-refractivity contribution in [3.8, 4) is 0 Å². The van der Waals surface area contributed by atoms with Crippen LogP contribution in [0.1, 0.15) is 50.6 Å². The third-order valence-electron chi connectivity index (χ3n) is 3.81. The van der Waals surface area contributed by atoms with Crippen molar-refractivity contribution >= 4 is 15.9 Å². The summed E-state index contributed by atoms with van der Waals surface area (Å²) in [6, 6.07) is 8.96. The lowest BCUT2D eigenvalue weighted by molar-refractivity contribution is 0.0590. The van der Waals surface area contributed by atoms with E-state index in [4.69, 9.17) is 4.74 Å². The van der Waals surface area contributed by atoms with Crippen LogP contribution >= 0.6 is 15.9 Å². The van der Waals surface area contributed by atoms with Crippen LogP contribution in [-0.2, 0) is 4.74 Å². The molecular formula is C16H24BrNO. The SMILES string of the molecule is CCC(NCCOC1CCCC1)c1cccc(Br)c1. The predicted molar refractivity (Wildman–Crippen MR) is 83.4 cm³/mol. The first kappa shape index (κ1) is 15.0. The normalized spacial score (nSPS) is 17.8. The van der Waals surface area contributed by atoms with Crippen LogP contribution < -0.4 is 5.32 Å². The van der Waals surface area contributed by atoms with E-state index >= 15 is 0 Å². The molecule has 1 atom stereocenters. The molecule has 3 heteroatoms. The van der Waals surface area contributed by atoms with Crippen LogP contribution in [0.2, 0.25) is 0 Å². The zero-order chi connectivity index (χ0) is 13.5. The summed E-state index contributed by atoms with van der Waals surface area (Å²) >= 11 is 3.53. The van der Waals surface area contributed by atoms with Gasteiger partial charge in [-0.2, -0.15) is 0 Å². The molecule has 1 aliphatic rings. The molecule has 1 N–H and O–H groups in total. The van der Waals surface area contributed by atoms with Gasteiger partial charge in [0.1, 0.15) is 0 Å². The van der Waals surface area contributed by atoms with Gasteiger partial charge in [0.05, 0.1) is 12.7 Å². The van der Waals surface area contributed by atoms with Crippen LogP contribution in [0.4, 0.5) is 0 Å². The van der Waals surface area contributed by atoms with Crippen molar-refractivity contribution in [3.63, 3.8) is 0 Å². The molecule has 0 aromatic heterocycles. The lowest BCUT2D eigenvalue weighted by atomic mass is 10.0. The Morgan fingerprint density at radius 2 is 2.16 bits per heavy atom. The molecule has 0 saturated heterocycles. The summed E-state index contributed by atoms with van der Waals surface area (Å²) in [5.74, 6) is 0. The van der Waals surface area contributed by atoms with Crippen molar-refractivity contribution in [2.24, 2.45) is 0 Å². The molecule has 0 spiro atoms. The minimum Gasteiger partial charge on any atom is -0.377 e. The highest BCUT2D eigenvalue weighted by Gasteiger charge is 2.15. The van der Waals surface area contributed by atoms with Gasteiger partial charge in [-0.05, 0) is 37.0 Å². The predicted octanol–water partition coefficient (Wildman–Crippen LogP) is 4.45. The molecule has 2 rings (SSSR count). The van der Waals surface area contributed by atoms with E-state index in [-0.39, 0.29) is 0 Å². The minimum absolute atomic E-state index is 0.421. The average molecular weight is 326 g/mol. The molecule has 2 nitrogen and oxygen atoms in total. The Morgan fingerprint density at radius 1 is 1.37 bits per heavy atom. The highest BCUT2D eigenvalue weighted by molar-refractivity contribution is 9.10. The summed E-state index contributed by atoms with van der Waals surface area (Å²) in [4.78, 5) is 0. The fourth-order valence-electron chi connectivity index (χ4n) is 2.73. The number of nitrogens with one attached hydrogen (secondary N) is 1. The van der Waals surface area contributed by atoms with Gasteiger partial charge in [0.15, 0.2) is 0 Å². The second kappa shape index (κ2) is 8.03. The molecule has 1 aromatic rings. The summed E-state index contributed by atoms with van der Waals surface area (Å²) in [6.45, 7) is 3.98. The Bertz CT molecular complexity index is 377. The molecule has 1 aliphatic carbocycles. The van der Waals surface area contributed by atoms with Gasteiger partial charge in [-0.3, -0.25) is 0 Å². The molecule has 0 amide bonds. The average Bonchev–Trinajstić information content (AvgIpc) is 2.92. The van der Waals surface area contributed by atoms with Gasteiger partial charge in [-0.1, -0.05) is 47.8 Å². The summed E-state index contributed by atoms with van der Waals surface area (Å²) in [6.07, 6.45) is 6.81. The fraction of sp³-hybridized carbons (Fsp3) is 0.625. The number of rotatable bonds is 7. The first-order chi connectivity index (χ1) is 9.29. The van der Waals surface area contributed by atoms with Gasteiger partial charge < -0.3 is 10.1 Å². The monoisotopic (exact) mass is 325 g/mol. The zero-order valence-corrected chi connectivity index (χ0v) is 13.3. The first-order valence-electron chi connectivity index (χ1n) is 7.40. The minimum atomic E-state index is 0.421. The van der Waals surface area contributed by atoms with Gasteiger partial charge in [0.25, 0.3) is 0 Å². The maximum atomic E-state index is 5.89. The summed E-state index contributed by atoms with van der Waals surface area (Å²) in [5.41, 5.74) is 1.35. The molecule has 1 aromatic carbocycles. The maximum absolute atomic E-state index is 5.89. The number of ether oxygens (including phenoxy) is 1. The number of halogens is 1. The lowest BCUT2D eigenvalue weighted by Gasteiger charge is -2.19.